The fourth-order valence-corrected chi connectivity index (χ4v) is 2.90. The van der Waals surface area contributed by atoms with Crippen LogP contribution in [-0.2, 0) is 0 Å². The zero-order chi connectivity index (χ0) is 15.2. The molecule has 0 aliphatic carbocycles. The van der Waals surface area contributed by atoms with E-state index in [1.807, 2.05) is 12.1 Å². The van der Waals surface area contributed by atoms with Gasteiger partial charge in [0.2, 0.25) is 0 Å². The summed E-state index contributed by atoms with van der Waals surface area (Å²) in [6.45, 7) is 13.6. The summed E-state index contributed by atoms with van der Waals surface area (Å²) in [6, 6.07) is 6.08. The van der Waals surface area contributed by atoms with Crippen molar-refractivity contribution in [2.75, 3.05) is 45.9 Å². The molecule has 1 heterocycles. The maximum atomic E-state index is 10.2. The van der Waals surface area contributed by atoms with E-state index in [1.54, 1.807) is 4.90 Å². The molecule has 0 amide bonds. The van der Waals surface area contributed by atoms with Gasteiger partial charge in [-0.05, 0) is 44.0 Å². The molecule has 1 fully saturated rings. The minimum atomic E-state index is -0.384. The van der Waals surface area contributed by atoms with Crippen molar-refractivity contribution in [2.45, 2.75) is 26.9 Å². The smallest absolute Gasteiger partial charge is 0.137 e. The highest BCUT2D eigenvalue weighted by Crippen LogP contribution is 2.16. The van der Waals surface area contributed by atoms with E-state index in [1.165, 1.54) is 35.7 Å². The average Bonchev–Trinajstić information content (AvgIpc) is 2.49. The summed E-state index contributed by atoms with van der Waals surface area (Å²) in [4.78, 5) is 3.18. The predicted molar refractivity (Wildman–Crippen MR) is 84.2 cm³/mol. The number of hydrogen-bond donors (Lipinski definition) is 3. The van der Waals surface area contributed by atoms with E-state index < -0.39 is 0 Å². The number of piperazine rings is 1. The second-order valence-corrected chi connectivity index (χ2v) is 6.27. The van der Waals surface area contributed by atoms with Gasteiger partial charge in [0.25, 0.3) is 0 Å². The van der Waals surface area contributed by atoms with Crippen molar-refractivity contribution in [2.24, 2.45) is 0 Å². The third-order valence-corrected chi connectivity index (χ3v) is 4.61. The molecule has 1 saturated heterocycles. The van der Waals surface area contributed by atoms with E-state index in [0.29, 0.717) is 6.61 Å². The first-order chi connectivity index (χ1) is 10.1. The molecule has 1 aromatic rings. The molecule has 2 rings (SSSR count). The van der Waals surface area contributed by atoms with Gasteiger partial charge in [-0.2, -0.15) is 0 Å². The Hall–Kier alpha value is -1.10. The zero-order valence-corrected chi connectivity index (χ0v) is 13.6. The molecule has 1 aromatic carbocycles. The summed E-state index contributed by atoms with van der Waals surface area (Å²) in [5.74, 6) is 0.854. The molecule has 4 heteroatoms. The van der Waals surface area contributed by atoms with Crippen LogP contribution in [0, 0.1) is 13.8 Å². The molecule has 1 atom stereocenters. The SMILES string of the molecule is CC[NH+]1CC[NH+](CC(O)COc2ccc(C)c(C)c2)CC1. The Kier molecular flexibility index (Phi) is 6.03. The molecule has 0 spiro atoms. The third-order valence-electron chi connectivity index (χ3n) is 4.61. The summed E-state index contributed by atoms with van der Waals surface area (Å²) < 4.78 is 5.72. The Labute approximate surface area is 128 Å². The molecular weight excluding hydrogens is 264 g/mol. The van der Waals surface area contributed by atoms with Crippen molar-refractivity contribution in [1.29, 1.82) is 0 Å². The molecular formula is C17H30N2O2+2. The Bertz CT molecular complexity index is 442. The van der Waals surface area contributed by atoms with E-state index in [0.717, 1.165) is 25.4 Å². The summed E-state index contributed by atoms with van der Waals surface area (Å²) in [6.07, 6.45) is -0.384. The number of aryl methyl sites for hydroxylation is 2. The van der Waals surface area contributed by atoms with E-state index in [9.17, 15) is 5.11 Å². The first-order valence-corrected chi connectivity index (χ1v) is 8.13. The zero-order valence-electron chi connectivity index (χ0n) is 13.6. The summed E-state index contributed by atoms with van der Waals surface area (Å²) in [5, 5.41) is 10.2. The van der Waals surface area contributed by atoms with Crippen molar-refractivity contribution < 1.29 is 19.6 Å². The van der Waals surface area contributed by atoms with Crippen molar-refractivity contribution in [1.82, 2.24) is 0 Å². The van der Waals surface area contributed by atoms with Crippen LogP contribution in [0.15, 0.2) is 18.2 Å². The Morgan fingerprint density at radius 2 is 1.76 bits per heavy atom. The number of likely N-dealkylation sites (N-methyl/N-ethyl adjacent to an activating group) is 1. The lowest BCUT2D eigenvalue weighted by Crippen LogP contribution is -3.28. The Balaban J connectivity index is 1.72. The molecule has 1 aliphatic heterocycles. The molecule has 0 saturated carbocycles. The third kappa shape index (κ3) is 4.99. The van der Waals surface area contributed by atoms with E-state index >= 15 is 0 Å². The Morgan fingerprint density at radius 3 is 2.38 bits per heavy atom. The molecule has 1 unspecified atom stereocenters. The van der Waals surface area contributed by atoms with Gasteiger partial charge in [0.1, 0.15) is 51.2 Å². The number of benzene rings is 1. The van der Waals surface area contributed by atoms with Gasteiger partial charge >= 0.3 is 0 Å². The highest BCUT2D eigenvalue weighted by atomic mass is 16.5. The maximum Gasteiger partial charge on any atom is 0.137 e. The van der Waals surface area contributed by atoms with Gasteiger partial charge < -0.3 is 19.6 Å². The predicted octanol–water partition coefficient (Wildman–Crippen LogP) is -1.15. The van der Waals surface area contributed by atoms with Crippen molar-refractivity contribution >= 4 is 0 Å². The first kappa shape index (κ1) is 16.3. The molecule has 0 bridgehead atoms. The second kappa shape index (κ2) is 7.78. The van der Waals surface area contributed by atoms with Crippen LogP contribution in [0.25, 0.3) is 0 Å². The van der Waals surface area contributed by atoms with Crippen LogP contribution < -0.4 is 14.5 Å². The molecule has 0 aromatic heterocycles. The highest BCUT2D eigenvalue weighted by Gasteiger charge is 2.23. The van der Waals surface area contributed by atoms with Crippen LogP contribution in [0.1, 0.15) is 18.1 Å². The normalized spacial score (nSPS) is 23.8. The van der Waals surface area contributed by atoms with Gasteiger partial charge in [-0.1, -0.05) is 6.07 Å². The van der Waals surface area contributed by atoms with Crippen LogP contribution in [-0.4, -0.2) is 57.1 Å². The summed E-state index contributed by atoms with van der Waals surface area (Å²) in [5.41, 5.74) is 2.50. The fraction of sp³-hybridized carbons (Fsp3) is 0.647. The maximum absolute atomic E-state index is 10.2. The van der Waals surface area contributed by atoms with Crippen molar-refractivity contribution in [3.05, 3.63) is 29.3 Å². The molecule has 1 aliphatic rings. The summed E-state index contributed by atoms with van der Waals surface area (Å²) in [7, 11) is 0. The van der Waals surface area contributed by atoms with E-state index in [2.05, 4.69) is 26.8 Å². The lowest BCUT2D eigenvalue weighted by Gasteiger charge is -2.30. The number of ether oxygens (including phenoxy) is 1. The van der Waals surface area contributed by atoms with Gasteiger partial charge in [0, 0.05) is 0 Å². The highest BCUT2D eigenvalue weighted by molar-refractivity contribution is 5.33. The number of aliphatic hydroxyl groups excluding tert-OH is 1. The van der Waals surface area contributed by atoms with E-state index in [4.69, 9.17) is 4.74 Å². The van der Waals surface area contributed by atoms with Gasteiger partial charge in [0.15, 0.2) is 0 Å². The van der Waals surface area contributed by atoms with Gasteiger partial charge in [-0.3, -0.25) is 0 Å². The molecule has 21 heavy (non-hydrogen) atoms. The fourth-order valence-electron chi connectivity index (χ4n) is 2.90. The summed E-state index contributed by atoms with van der Waals surface area (Å²) >= 11 is 0. The van der Waals surface area contributed by atoms with Crippen molar-refractivity contribution in [3.8, 4) is 5.75 Å². The van der Waals surface area contributed by atoms with Crippen LogP contribution >= 0.6 is 0 Å². The largest absolute Gasteiger partial charge is 0.491 e. The van der Waals surface area contributed by atoms with Crippen LogP contribution in [0.3, 0.4) is 0 Å². The minimum Gasteiger partial charge on any atom is -0.491 e. The molecule has 0 radical (unpaired) electrons. The van der Waals surface area contributed by atoms with Crippen molar-refractivity contribution in [3.63, 3.8) is 0 Å². The quantitative estimate of drug-likeness (QED) is 0.620. The molecule has 3 N–H and O–H groups in total. The lowest BCUT2D eigenvalue weighted by molar-refractivity contribution is -1.01. The standard InChI is InChI=1S/C17H28N2O2/c1-4-18-7-9-19(10-8-18)12-16(20)13-21-17-6-5-14(2)15(3)11-17/h5-6,11,16,20H,4,7-10,12-13H2,1-3H3/p+2. The number of hydrogen-bond acceptors (Lipinski definition) is 2. The number of quaternary nitrogens is 2. The average molecular weight is 294 g/mol. The van der Waals surface area contributed by atoms with Crippen LogP contribution in [0.5, 0.6) is 5.75 Å². The van der Waals surface area contributed by atoms with Gasteiger partial charge in [-0.15, -0.1) is 0 Å². The van der Waals surface area contributed by atoms with Crippen LogP contribution in [0.2, 0.25) is 0 Å². The topological polar surface area (TPSA) is 38.3 Å². The minimum absolute atomic E-state index is 0.384. The van der Waals surface area contributed by atoms with Gasteiger partial charge in [0.05, 0.1) is 6.54 Å². The van der Waals surface area contributed by atoms with E-state index in [-0.39, 0.29) is 6.10 Å². The Morgan fingerprint density at radius 1 is 1.10 bits per heavy atom. The monoisotopic (exact) mass is 294 g/mol. The van der Waals surface area contributed by atoms with Gasteiger partial charge in [-0.25, -0.2) is 0 Å². The molecule has 118 valence electrons. The lowest BCUT2D eigenvalue weighted by atomic mass is 10.1. The number of nitrogens with one attached hydrogen (secondary N) is 2. The number of rotatable bonds is 6. The molecule has 4 nitrogen and oxygen atoms in total. The number of aliphatic hydroxyl groups is 1. The van der Waals surface area contributed by atoms with Crippen LogP contribution in [0.4, 0.5) is 0 Å². The first-order valence-electron chi connectivity index (χ1n) is 8.13. The second-order valence-electron chi connectivity index (χ2n) is 6.27.